The zero-order chi connectivity index (χ0) is 18.2. The van der Waals surface area contributed by atoms with Gasteiger partial charge in [-0.2, -0.15) is 0 Å². The van der Waals surface area contributed by atoms with E-state index in [0.29, 0.717) is 17.6 Å². The Hall–Kier alpha value is -1.62. The summed E-state index contributed by atoms with van der Waals surface area (Å²) in [7, 11) is 1.98. The minimum Gasteiger partial charge on any atom is -0.455 e. The molecule has 0 aromatic rings. The first-order valence-electron chi connectivity index (χ1n) is 7.77. The lowest BCUT2D eigenvalue weighted by Gasteiger charge is -2.56. The smallest absolute Gasteiger partial charge is 0.333 e. The monoisotopic (exact) mass is 323 g/mol. The Labute approximate surface area is 139 Å². The maximum atomic E-state index is 12.0. The van der Waals surface area contributed by atoms with E-state index in [0.717, 1.165) is 0 Å². The van der Waals surface area contributed by atoms with Crippen LogP contribution in [0.2, 0.25) is 0 Å². The Balaban J connectivity index is 3.18. The molecule has 5 heteroatoms. The van der Waals surface area contributed by atoms with E-state index in [1.807, 2.05) is 20.9 Å². The summed E-state index contributed by atoms with van der Waals surface area (Å²) in [5.41, 5.74) is -0.0782. The Bertz CT molecular complexity index is 533. The van der Waals surface area contributed by atoms with E-state index < -0.39 is 29.7 Å². The van der Waals surface area contributed by atoms with E-state index in [1.165, 1.54) is 0 Å². The molecule has 0 aromatic heterocycles. The van der Waals surface area contributed by atoms with Crippen molar-refractivity contribution < 1.29 is 19.1 Å². The van der Waals surface area contributed by atoms with Crippen LogP contribution in [-0.2, 0) is 19.1 Å². The summed E-state index contributed by atoms with van der Waals surface area (Å²) < 4.78 is 11.2. The number of carbonyl (C=O) groups is 2. The normalized spacial score (nSPS) is 26.2. The quantitative estimate of drug-likeness (QED) is 0.588. The van der Waals surface area contributed by atoms with Crippen LogP contribution in [0.3, 0.4) is 0 Å². The van der Waals surface area contributed by atoms with Crippen molar-refractivity contribution >= 4 is 11.9 Å². The fourth-order valence-corrected chi connectivity index (χ4v) is 2.94. The van der Waals surface area contributed by atoms with Crippen molar-refractivity contribution in [2.75, 3.05) is 7.05 Å². The van der Waals surface area contributed by atoms with Crippen LogP contribution in [0.5, 0.6) is 0 Å². The molecule has 0 saturated carbocycles. The molecule has 1 fully saturated rings. The van der Waals surface area contributed by atoms with Crippen LogP contribution < -0.4 is 0 Å². The van der Waals surface area contributed by atoms with E-state index >= 15 is 0 Å². The molecule has 130 valence electrons. The van der Waals surface area contributed by atoms with Gasteiger partial charge in [0.2, 0.25) is 0 Å². The van der Waals surface area contributed by atoms with Crippen molar-refractivity contribution in [2.24, 2.45) is 0 Å². The molecule has 5 nitrogen and oxygen atoms in total. The van der Waals surface area contributed by atoms with E-state index in [1.54, 1.807) is 13.8 Å². The molecule has 0 aromatic carbocycles. The topological polar surface area (TPSA) is 55.8 Å². The first kappa shape index (κ1) is 19.4. The third kappa shape index (κ3) is 4.02. The predicted molar refractivity (Wildman–Crippen MR) is 89.9 cm³/mol. The standard InChI is InChI=1S/C18H29NO4/c1-11(2)15(20)22-13-10-17(5,6)19(9)18(7,8)14(13)23-16(21)12(3)4/h13-14H,1,3,10H2,2,4-9H3. The fourth-order valence-electron chi connectivity index (χ4n) is 2.94. The lowest BCUT2D eigenvalue weighted by Crippen LogP contribution is -2.69. The van der Waals surface area contributed by atoms with Gasteiger partial charge < -0.3 is 9.47 Å². The first-order valence-corrected chi connectivity index (χ1v) is 7.77. The van der Waals surface area contributed by atoms with E-state index in [9.17, 15) is 9.59 Å². The molecule has 0 bridgehead atoms. The highest BCUT2D eigenvalue weighted by Gasteiger charge is 2.53. The highest BCUT2D eigenvalue weighted by Crippen LogP contribution is 2.40. The van der Waals surface area contributed by atoms with Crippen molar-refractivity contribution in [3.63, 3.8) is 0 Å². The molecule has 2 atom stereocenters. The maximum Gasteiger partial charge on any atom is 0.333 e. The molecule has 0 N–H and O–H groups in total. The van der Waals surface area contributed by atoms with Gasteiger partial charge in [0.25, 0.3) is 0 Å². The third-order valence-electron chi connectivity index (χ3n) is 4.70. The van der Waals surface area contributed by atoms with Crippen molar-refractivity contribution in [3.8, 4) is 0 Å². The van der Waals surface area contributed by atoms with Crippen LogP contribution >= 0.6 is 0 Å². The molecule has 1 rings (SSSR count). The molecule has 1 saturated heterocycles. The summed E-state index contributed by atoms with van der Waals surface area (Å²) in [5, 5.41) is 0. The molecule has 2 unspecified atom stereocenters. The molecule has 0 aliphatic carbocycles. The van der Waals surface area contributed by atoms with Crippen molar-refractivity contribution in [2.45, 2.75) is 71.2 Å². The number of nitrogens with zero attached hydrogens (tertiary/aromatic N) is 1. The Kier molecular flexibility index (Phi) is 5.47. The van der Waals surface area contributed by atoms with Crippen LogP contribution in [0.1, 0.15) is 48.0 Å². The van der Waals surface area contributed by atoms with Crippen LogP contribution in [0.15, 0.2) is 24.3 Å². The predicted octanol–water partition coefficient (Wildman–Crippen LogP) is 2.85. The minimum absolute atomic E-state index is 0.213. The molecule has 1 heterocycles. The van der Waals surface area contributed by atoms with Gasteiger partial charge >= 0.3 is 11.9 Å². The van der Waals surface area contributed by atoms with Crippen LogP contribution in [0.25, 0.3) is 0 Å². The fraction of sp³-hybridized carbons (Fsp3) is 0.667. The number of hydrogen-bond donors (Lipinski definition) is 0. The number of hydrogen-bond acceptors (Lipinski definition) is 5. The van der Waals surface area contributed by atoms with Gasteiger partial charge in [0.05, 0.1) is 5.54 Å². The largest absolute Gasteiger partial charge is 0.455 e. The van der Waals surface area contributed by atoms with Gasteiger partial charge in [0.1, 0.15) is 6.10 Å². The molecule has 0 amide bonds. The van der Waals surface area contributed by atoms with Gasteiger partial charge in [-0.3, -0.25) is 4.90 Å². The third-order valence-corrected chi connectivity index (χ3v) is 4.70. The number of carbonyl (C=O) groups excluding carboxylic acids is 2. The summed E-state index contributed by atoms with van der Waals surface area (Å²) in [6.45, 7) is 18.5. The van der Waals surface area contributed by atoms with Crippen molar-refractivity contribution in [3.05, 3.63) is 24.3 Å². The maximum absolute atomic E-state index is 12.0. The number of likely N-dealkylation sites (N-methyl/N-ethyl adjacent to an activating group) is 1. The summed E-state index contributed by atoms with van der Waals surface area (Å²) in [6.07, 6.45) is -0.572. The number of likely N-dealkylation sites (tertiary alicyclic amines) is 1. The first-order chi connectivity index (χ1) is 10.3. The highest BCUT2D eigenvalue weighted by molar-refractivity contribution is 5.88. The SMILES string of the molecule is C=C(C)C(=O)OC1CC(C)(C)N(C)C(C)(C)C1OC(=O)C(=C)C. The highest BCUT2D eigenvalue weighted by atomic mass is 16.6. The van der Waals surface area contributed by atoms with Gasteiger partial charge in [0, 0.05) is 23.1 Å². The number of ether oxygens (including phenoxy) is 2. The molecule has 1 aliphatic heterocycles. The average Bonchev–Trinajstić information content (AvgIpc) is 2.40. The lowest BCUT2D eigenvalue weighted by atomic mass is 9.76. The molecular formula is C18H29NO4. The van der Waals surface area contributed by atoms with Gasteiger partial charge in [0.15, 0.2) is 6.10 Å². The van der Waals surface area contributed by atoms with Gasteiger partial charge in [-0.05, 0) is 48.6 Å². The molecule has 0 spiro atoms. The minimum atomic E-state index is -0.590. The number of piperidine rings is 1. The zero-order valence-electron chi connectivity index (χ0n) is 15.4. The van der Waals surface area contributed by atoms with Crippen molar-refractivity contribution in [1.82, 2.24) is 4.90 Å². The Morgan fingerprint density at radius 3 is 1.87 bits per heavy atom. The molecule has 23 heavy (non-hydrogen) atoms. The van der Waals surface area contributed by atoms with Crippen molar-refractivity contribution in [1.29, 1.82) is 0 Å². The summed E-state index contributed by atoms with van der Waals surface area (Å²) in [5.74, 6) is -0.949. The second-order valence-electron chi connectivity index (χ2n) is 7.56. The summed E-state index contributed by atoms with van der Waals surface area (Å²) >= 11 is 0. The van der Waals surface area contributed by atoms with Gasteiger partial charge in [-0.1, -0.05) is 13.2 Å². The molecule has 1 aliphatic rings. The number of esters is 2. The van der Waals surface area contributed by atoms with Crippen LogP contribution in [0, 0.1) is 0 Å². The van der Waals surface area contributed by atoms with Gasteiger partial charge in [-0.15, -0.1) is 0 Å². The van der Waals surface area contributed by atoms with E-state index in [4.69, 9.17) is 9.47 Å². The summed E-state index contributed by atoms with van der Waals surface area (Å²) in [4.78, 5) is 26.2. The average molecular weight is 323 g/mol. The Morgan fingerprint density at radius 2 is 1.43 bits per heavy atom. The molecule has 0 radical (unpaired) electrons. The molecular weight excluding hydrogens is 294 g/mol. The van der Waals surface area contributed by atoms with Crippen LogP contribution in [0.4, 0.5) is 0 Å². The Morgan fingerprint density at radius 1 is 1.00 bits per heavy atom. The summed E-state index contributed by atoms with van der Waals surface area (Å²) in [6, 6.07) is 0. The second kappa shape index (κ2) is 6.48. The second-order valence-corrected chi connectivity index (χ2v) is 7.56. The zero-order valence-corrected chi connectivity index (χ0v) is 15.4. The number of rotatable bonds is 4. The van der Waals surface area contributed by atoms with E-state index in [2.05, 4.69) is 31.9 Å². The van der Waals surface area contributed by atoms with Crippen LogP contribution in [-0.4, -0.2) is 47.2 Å². The van der Waals surface area contributed by atoms with Gasteiger partial charge in [-0.25, -0.2) is 9.59 Å². The van der Waals surface area contributed by atoms with E-state index in [-0.39, 0.29) is 5.54 Å². The lowest BCUT2D eigenvalue weighted by molar-refractivity contribution is -0.198.